The van der Waals surface area contributed by atoms with Gasteiger partial charge in [-0.3, -0.25) is 4.79 Å². The molecule has 1 aromatic carbocycles. The first-order valence-corrected chi connectivity index (χ1v) is 9.15. The monoisotopic (exact) mass is 420 g/mol. The predicted octanol–water partition coefficient (Wildman–Crippen LogP) is 3.59. The number of methoxy groups -OCH3 is 1. The third-order valence-electron chi connectivity index (χ3n) is 4.01. The summed E-state index contributed by atoms with van der Waals surface area (Å²) in [4.78, 5) is 13.7. The number of thiophene rings is 1. The van der Waals surface area contributed by atoms with E-state index < -0.39 is 0 Å². The molecule has 0 fully saturated rings. The number of carbonyl (C=O) groups excluding carboxylic acids is 1. The van der Waals surface area contributed by atoms with Crippen molar-refractivity contribution in [1.29, 1.82) is 0 Å². The lowest BCUT2D eigenvalue weighted by Crippen LogP contribution is -2.22. The molecule has 25 heavy (non-hydrogen) atoms. The number of amides is 1. The van der Waals surface area contributed by atoms with Crippen LogP contribution in [0.5, 0.6) is 5.75 Å². The number of nitrogens with one attached hydrogen (secondary N) is 1. The number of hydrogen-bond donors (Lipinski definition) is 2. The van der Waals surface area contributed by atoms with Crippen LogP contribution in [-0.2, 0) is 6.54 Å². The molecule has 0 aliphatic heterocycles. The minimum atomic E-state index is -0.218. The summed E-state index contributed by atoms with van der Waals surface area (Å²) in [5, 5.41) is 12.0. The molecule has 0 aliphatic carbocycles. The Morgan fingerprint density at radius 3 is 2.80 bits per heavy atom. The molecule has 2 heterocycles. The molecule has 0 saturated heterocycles. The van der Waals surface area contributed by atoms with Gasteiger partial charge in [0, 0.05) is 11.9 Å². The first-order valence-electron chi connectivity index (χ1n) is 7.54. The minimum Gasteiger partial charge on any atom is -0.496 e. The molecule has 0 bridgehead atoms. The van der Waals surface area contributed by atoms with Crippen molar-refractivity contribution in [2.24, 2.45) is 0 Å². The third-order valence-corrected chi connectivity index (χ3v) is 5.72. The quantitative estimate of drug-likeness (QED) is 0.672. The summed E-state index contributed by atoms with van der Waals surface area (Å²) in [6, 6.07) is 5.66. The van der Waals surface area contributed by atoms with E-state index in [2.05, 4.69) is 31.4 Å². The number of fused-ring (bicyclic) bond motifs is 1. The highest BCUT2D eigenvalue weighted by Gasteiger charge is 2.19. The van der Waals surface area contributed by atoms with E-state index in [1.165, 1.54) is 11.3 Å². The second-order valence-corrected chi connectivity index (χ2v) is 7.44. The Hall–Kier alpha value is -2.19. The van der Waals surface area contributed by atoms with Crippen LogP contribution in [0.25, 0.3) is 10.2 Å². The fourth-order valence-corrected chi connectivity index (χ4v) is 4.10. The normalized spacial score (nSPS) is 10.9. The molecule has 1 amide bonds. The first kappa shape index (κ1) is 17.6. The summed E-state index contributed by atoms with van der Waals surface area (Å²) >= 11 is 4.70. The summed E-state index contributed by atoms with van der Waals surface area (Å²) in [5.41, 5.74) is 9.38. The highest BCUT2D eigenvalue weighted by atomic mass is 79.9. The summed E-state index contributed by atoms with van der Waals surface area (Å²) in [5.74, 6) is 0.526. The fraction of sp³-hybridized carbons (Fsp3) is 0.235. The van der Waals surface area contributed by atoms with Crippen LogP contribution in [0.2, 0.25) is 0 Å². The number of carbonyl (C=O) groups is 1. The molecule has 6 nitrogen and oxygen atoms in total. The van der Waals surface area contributed by atoms with Crippen molar-refractivity contribution < 1.29 is 9.53 Å². The number of halogens is 1. The van der Waals surface area contributed by atoms with Crippen LogP contribution in [-0.4, -0.2) is 23.2 Å². The van der Waals surface area contributed by atoms with Gasteiger partial charge in [0.2, 0.25) is 0 Å². The molecule has 0 saturated carbocycles. The van der Waals surface area contributed by atoms with Crippen molar-refractivity contribution >= 4 is 49.1 Å². The van der Waals surface area contributed by atoms with Gasteiger partial charge in [-0.05, 0) is 53.0 Å². The van der Waals surface area contributed by atoms with Crippen molar-refractivity contribution in [3.63, 3.8) is 0 Å². The summed E-state index contributed by atoms with van der Waals surface area (Å²) < 4.78 is 6.04. The number of nitrogens with two attached hydrogens (primary N) is 1. The Morgan fingerprint density at radius 1 is 1.36 bits per heavy atom. The van der Waals surface area contributed by atoms with Crippen LogP contribution in [0.4, 0.5) is 5.69 Å². The van der Waals surface area contributed by atoms with Gasteiger partial charge in [-0.1, -0.05) is 6.07 Å². The lowest BCUT2D eigenvalue weighted by molar-refractivity contribution is 0.0956. The number of nitrogen functional groups attached to an aromatic ring is 1. The van der Waals surface area contributed by atoms with Crippen LogP contribution < -0.4 is 15.8 Å². The van der Waals surface area contributed by atoms with Crippen molar-refractivity contribution in [1.82, 2.24) is 15.5 Å². The van der Waals surface area contributed by atoms with Crippen molar-refractivity contribution in [3.05, 3.63) is 44.4 Å². The van der Waals surface area contributed by atoms with Crippen LogP contribution in [0.1, 0.15) is 26.5 Å². The van der Waals surface area contributed by atoms with Crippen LogP contribution in [0.3, 0.4) is 0 Å². The van der Waals surface area contributed by atoms with Crippen LogP contribution in [0.15, 0.2) is 22.7 Å². The average Bonchev–Trinajstić information content (AvgIpc) is 2.93. The van der Waals surface area contributed by atoms with E-state index >= 15 is 0 Å². The SMILES string of the molecule is COc1ccc(CNC(=O)c2sc3nnc(C)c(C)c3c2N)cc1Br. The van der Waals surface area contributed by atoms with E-state index in [-0.39, 0.29) is 5.91 Å². The maximum absolute atomic E-state index is 12.5. The topological polar surface area (TPSA) is 90.1 Å². The number of ether oxygens (including phenoxy) is 1. The van der Waals surface area contributed by atoms with Crippen LogP contribution >= 0.6 is 27.3 Å². The highest BCUT2D eigenvalue weighted by Crippen LogP contribution is 2.34. The molecular weight excluding hydrogens is 404 g/mol. The van der Waals surface area contributed by atoms with Crippen molar-refractivity contribution in [3.8, 4) is 5.75 Å². The first-order chi connectivity index (χ1) is 11.9. The Kier molecular flexibility index (Phi) is 4.91. The summed E-state index contributed by atoms with van der Waals surface area (Å²) in [7, 11) is 1.61. The zero-order valence-electron chi connectivity index (χ0n) is 14.0. The lowest BCUT2D eigenvalue weighted by Gasteiger charge is -2.08. The van der Waals surface area contributed by atoms with Crippen molar-refractivity contribution in [2.45, 2.75) is 20.4 Å². The Labute approximate surface area is 157 Å². The summed E-state index contributed by atoms with van der Waals surface area (Å²) in [6.45, 7) is 4.20. The van der Waals surface area contributed by atoms with Gasteiger partial charge in [0.1, 0.15) is 15.5 Å². The number of aryl methyl sites for hydroxylation is 2. The van der Waals surface area contributed by atoms with Gasteiger partial charge >= 0.3 is 0 Å². The molecule has 0 aliphatic rings. The van der Waals surface area contributed by atoms with E-state index in [1.807, 2.05) is 32.0 Å². The van der Waals surface area contributed by atoms with Crippen molar-refractivity contribution in [2.75, 3.05) is 12.8 Å². The number of hydrogen-bond acceptors (Lipinski definition) is 6. The van der Waals surface area contributed by atoms with E-state index in [4.69, 9.17) is 10.5 Å². The van der Waals surface area contributed by atoms with Crippen LogP contribution in [0, 0.1) is 13.8 Å². The standard InChI is InChI=1S/C17H17BrN4O2S/c1-8-9(2)21-22-17-13(8)14(19)15(25-17)16(23)20-7-10-4-5-12(24-3)11(18)6-10/h4-6H,7,19H2,1-3H3,(H,20,23). The molecule has 0 spiro atoms. The fourth-order valence-electron chi connectivity index (χ4n) is 2.49. The maximum Gasteiger partial charge on any atom is 0.263 e. The smallest absolute Gasteiger partial charge is 0.263 e. The molecule has 3 N–H and O–H groups in total. The molecule has 3 rings (SSSR count). The molecule has 0 unspecified atom stereocenters. The van der Waals surface area contributed by atoms with Gasteiger partial charge in [0.05, 0.1) is 23.0 Å². The number of nitrogens with zero attached hydrogens (tertiary/aromatic N) is 2. The second-order valence-electron chi connectivity index (χ2n) is 5.59. The maximum atomic E-state index is 12.5. The van der Waals surface area contributed by atoms with Gasteiger partial charge in [0.25, 0.3) is 5.91 Å². The molecule has 8 heteroatoms. The Bertz CT molecular complexity index is 971. The average molecular weight is 421 g/mol. The molecular formula is C17H17BrN4O2S. The Balaban J connectivity index is 1.82. The van der Waals surface area contributed by atoms with E-state index in [0.717, 1.165) is 32.4 Å². The minimum absolute atomic E-state index is 0.218. The van der Waals surface area contributed by atoms with Gasteiger partial charge in [-0.2, -0.15) is 5.10 Å². The van der Waals surface area contributed by atoms with Gasteiger partial charge in [-0.25, -0.2) is 0 Å². The number of anilines is 1. The zero-order valence-corrected chi connectivity index (χ0v) is 16.4. The molecule has 0 atom stereocenters. The highest BCUT2D eigenvalue weighted by molar-refractivity contribution is 9.10. The predicted molar refractivity (Wildman–Crippen MR) is 103 cm³/mol. The number of benzene rings is 1. The Morgan fingerprint density at radius 2 is 2.12 bits per heavy atom. The second kappa shape index (κ2) is 6.97. The molecule has 3 aromatic rings. The van der Waals surface area contributed by atoms with E-state index in [1.54, 1.807) is 7.11 Å². The molecule has 130 valence electrons. The molecule has 0 radical (unpaired) electrons. The van der Waals surface area contributed by atoms with E-state index in [0.29, 0.717) is 21.9 Å². The van der Waals surface area contributed by atoms with Gasteiger partial charge in [0.15, 0.2) is 0 Å². The number of rotatable bonds is 4. The largest absolute Gasteiger partial charge is 0.496 e. The number of aromatic nitrogens is 2. The van der Waals surface area contributed by atoms with Gasteiger partial charge < -0.3 is 15.8 Å². The third kappa shape index (κ3) is 3.32. The van der Waals surface area contributed by atoms with Gasteiger partial charge in [-0.15, -0.1) is 16.4 Å². The zero-order chi connectivity index (χ0) is 18.1. The van der Waals surface area contributed by atoms with E-state index in [9.17, 15) is 4.79 Å². The lowest BCUT2D eigenvalue weighted by atomic mass is 10.1. The molecule has 2 aromatic heterocycles. The summed E-state index contributed by atoms with van der Waals surface area (Å²) in [6.07, 6.45) is 0.